The molecule has 1 aromatic carbocycles. The lowest BCUT2D eigenvalue weighted by Crippen LogP contribution is -2.20. The molecule has 0 aliphatic carbocycles. The average molecular weight is 271 g/mol. The normalized spacial score (nSPS) is 11.3. The minimum absolute atomic E-state index is 0.667. The van der Waals surface area contributed by atoms with Gasteiger partial charge in [0, 0.05) is 12.2 Å². The number of rotatable bonds is 5. The Morgan fingerprint density at radius 2 is 1.95 bits per heavy atom. The summed E-state index contributed by atoms with van der Waals surface area (Å²) in [7, 11) is 0. The fourth-order valence-corrected chi connectivity index (χ4v) is 2.33. The van der Waals surface area contributed by atoms with E-state index in [2.05, 4.69) is 67.7 Å². The number of aryl methyl sites for hydroxylation is 2. The maximum absolute atomic E-state index is 4.41. The standard InChI is InChI=1S/C17H25N3/c1-12(2)9-18-10-16-8-13(3)6-7-17(16)20-11-19-14(4)15(20)5/h6-8,11-12,18H,9-10H2,1-5H3. The molecule has 0 aliphatic rings. The van der Waals surface area contributed by atoms with E-state index in [1.165, 1.54) is 22.5 Å². The van der Waals surface area contributed by atoms with E-state index in [1.54, 1.807) is 0 Å². The maximum atomic E-state index is 4.41. The van der Waals surface area contributed by atoms with Crippen LogP contribution < -0.4 is 5.32 Å². The molecule has 0 spiro atoms. The molecule has 0 aliphatic heterocycles. The molecule has 108 valence electrons. The minimum atomic E-state index is 0.667. The van der Waals surface area contributed by atoms with Crippen LogP contribution in [0.5, 0.6) is 0 Å². The third-order valence-corrected chi connectivity index (χ3v) is 3.61. The fourth-order valence-electron chi connectivity index (χ4n) is 2.33. The van der Waals surface area contributed by atoms with Crippen LogP contribution in [0.4, 0.5) is 0 Å². The summed E-state index contributed by atoms with van der Waals surface area (Å²) in [5.41, 5.74) is 6.14. The molecule has 0 radical (unpaired) electrons. The molecule has 2 rings (SSSR count). The van der Waals surface area contributed by atoms with Gasteiger partial charge in [0.05, 0.1) is 17.7 Å². The molecular formula is C17H25N3. The molecule has 1 aromatic heterocycles. The highest BCUT2D eigenvalue weighted by molar-refractivity contribution is 5.45. The summed E-state index contributed by atoms with van der Waals surface area (Å²) < 4.78 is 2.18. The van der Waals surface area contributed by atoms with E-state index in [4.69, 9.17) is 0 Å². The molecule has 3 heteroatoms. The van der Waals surface area contributed by atoms with E-state index in [0.717, 1.165) is 18.8 Å². The zero-order valence-electron chi connectivity index (χ0n) is 13.2. The van der Waals surface area contributed by atoms with E-state index in [9.17, 15) is 0 Å². The van der Waals surface area contributed by atoms with Gasteiger partial charge in [-0.15, -0.1) is 0 Å². The summed E-state index contributed by atoms with van der Waals surface area (Å²) in [6.07, 6.45) is 1.92. The zero-order chi connectivity index (χ0) is 14.7. The number of imidazole rings is 1. The second-order valence-corrected chi connectivity index (χ2v) is 5.94. The number of hydrogen-bond acceptors (Lipinski definition) is 2. The van der Waals surface area contributed by atoms with Crippen molar-refractivity contribution in [3.8, 4) is 5.69 Å². The highest BCUT2D eigenvalue weighted by atomic mass is 15.1. The van der Waals surface area contributed by atoms with E-state index in [1.807, 2.05) is 6.33 Å². The quantitative estimate of drug-likeness (QED) is 0.901. The van der Waals surface area contributed by atoms with Crippen molar-refractivity contribution in [2.75, 3.05) is 6.54 Å². The van der Waals surface area contributed by atoms with Crippen LogP contribution in [0.15, 0.2) is 24.5 Å². The van der Waals surface area contributed by atoms with Gasteiger partial charge in [-0.05, 0) is 44.9 Å². The van der Waals surface area contributed by atoms with Gasteiger partial charge in [-0.25, -0.2) is 4.98 Å². The summed E-state index contributed by atoms with van der Waals surface area (Å²) in [5.74, 6) is 0.667. The Morgan fingerprint density at radius 3 is 2.55 bits per heavy atom. The van der Waals surface area contributed by atoms with Gasteiger partial charge in [-0.2, -0.15) is 0 Å². The Labute approximate surface area is 122 Å². The largest absolute Gasteiger partial charge is 0.312 e. The van der Waals surface area contributed by atoms with Crippen molar-refractivity contribution >= 4 is 0 Å². The molecule has 3 nitrogen and oxygen atoms in total. The van der Waals surface area contributed by atoms with Gasteiger partial charge in [0.1, 0.15) is 0 Å². The van der Waals surface area contributed by atoms with Gasteiger partial charge >= 0.3 is 0 Å². The predicted octanol–water partition coefficient (Wildman–Crippen LogP) is 3.54. The van der Waals surface area contributed by atoms with Crippen LogP contribution in [-0.4, -0.2) is 16.1 Å². The van der Waals surface area contributed by atoms with Crippen LogP contribution >= 0.6 is 0 Å². The molecule has 0 amide bonds. The molecule has 1 N–H and O–H groups in total. The fraction of sp³-hybridized carbons (Fsp3) is 0.471. The summed E-state index contributed by atoms with van der Waals surface area (Å²) in [4.78, 5) is 4.41. The Bertz CT molecular complexity index is 582. The van der Waals surface area contributed by atoms with Crippen LogP contribution in [0.25, 0.3) is 5.69 Å². The lowest BCUT2D eigenvalue weighted by atomic mass is 10.1. The van der Waals surface area contributed by atoms with Gasteiger partial charge in [0.2, 0.25) is 0 Å². The van der Waals surface area contributed by atoms with Crippen LogP contribution in [0, 0.1) is 26.7 Å². The van der Waals surface area contributed by atoms with Gasteiger partial charge in [-0.1, -0.05) is 31.5 Å². The van der Waals surface area contributed by atoms with Gasteiger partial charge in [0.15, 0.2) is 0 Å². The van der Waals surface area contributed by atoms with Crippen molar-refractivity contribution in [2.45, 2.75) is 41.2 Å². The summed E-state index contributed by atoms with van der Waals surface area (Å²) in [6.45, 7) is 12.7. The predicted molar refractivity (Wildman–Crippen MR) is 84.3 cm³/mol. The van der Waals surface area contributed by atoms with Gasteiger partial charge in [-0.3, -0.25) is 0 Å². The maximum Gasteiger partial charge on any atom is 0.0997 e. The summed E-state index contributed by atoms with van der Waals surface area (Å²) in [5, 5.41) is 3.53. The topological polar surface area (TPSA) is 29.9 Å². The van der Waals surface area contributed by atoms with Crippen LogP contribution in [-0.2, 0) is 6.54 Å². The molecule has 0 fully saturated rings. The SMILES string of the molecule is Cc1ccc(-n2cnc(C)c2C)c(CNCC(C)C)c1. The van der Waals surface area contributed by atoms with Crippen molar-refractivity contribution in [3.05, 3.63) is 47.0 Å². The second kappa shape index (κ2) is 6.23. The molecule has 2 aromatic rings. The Balaban J connectivity index is 2.30. The first kappa shape index (κ1) is 14.8. The third-order valence-electron chi connectivity index (χ3n) is 3.61. The monoisotopic (exact) mass is 271 g/mol. The molecule has 0 atom stereocenters. The number of aromatic nitrogens is 2. The van der Waals surface area contributed by atoms with Crippen molar-refractivity contribution in [1.82, 2.24) is 14.9 Å². The average Bonchev–Trinajstić information content (AvgIpc) is 2.70. The Morgan fingerprint density at radius 1 is 1.20 bits per heavy atom. The second-order valence-electron chi connectivity index (χ2n) is 5.94. The first-order valence-electron chi connectivity index (χ1n) is 7.30. The van der Waals surface area contributed by atoms with Crippen molar-refractivity contribution in [2.24, 2.45) is 5.92 Å². The molecule has 1 heterocycles. The summed E-state index contributed by atoms with van der Waals surface area (Å²) in [6, 6.07) is 6.61. The number of nitrogens with zero attached hydrogens (tertiary/aromatic N) is 2. The highest BCUT2D eigenvalue weighted by Gasteiger charge is 2.09. The summed E-state index contributed by atoms with van der Waals surface area (Å²) >= 11 is 0. The first-order chi connectivity index (χ1) is 9.49. The lowest BCUT2D eigenvalue weighted by molar-refractivity contribution is 0.551. The van der Waals surface area contributed by atoms with E-state index in [-0.39, 0.29) is 0 Å². The first-order valence-corrected chi connectivity index (χ1v) is 7.30. The van der Waals surface area contributed by atoms with E-state index < -0.39 is 0 Å². The number of nitrogens with one attached hydrogen (secondary N) is 1. The van der Waals surface area contributed by atoms with Crippen molar-refractivity contribution < 1.29 is 0 Å². The number of hydrogen-bond donors (Lipinski definition) is 1. The minimum Gasteiger partial charge on any atom is -0.312 e. The zero-order valence-corrected chi connectivity index (χ0v) is 13.2. The van der Waals surface area contributed by atoms with Crippen LogP contribution in [0.3, 0.4) is 0 Å². The number of benzene rings is 1. The van der Waals surface area contributed by atoms with E-state index in [0.29, 0.717) is 5.92 Å². The van der Waals surface area contributed by atoms with Crippen LogP contribution in [0.2, 0.25) is 0 Å². The highest BCUT2D eigenvalue weighted by Crippen LogP contribution is 2.19. The van der Waals surface area contributed by atoms with E-state index >= 15 is 0 Å². The Hall–Kier alpha value is -1.61. The van der Waals surface area contributed by atoms with Gasteiger partial charge < -0.3 is 9.88 Å². The third kappa shape index (κ3) is 3.28. The molecule has 0 saturated heterocycles. The molecule has 0 bridgehead atoms. The molecule has 20 heavy (non-hydrogen) atoms. The van der Waals surface area contributed by atoms with Crippen molar-refractivity contribution in [1.29, 1.82) is 0 Å². The lowest BCUT2D eigenvalue weighted by Gasteiger charge is -2.15. The smallest absolute Gasteiger partial charge is 0.0997 e. The molecular weight excluding hydrogens is 246 g/mol. The molecule has 0 saturated carbocycles. The van der Waals surface area contributed by atoms with Gasteiger partial charge in [0.25, 0.3) is 0 Å². The Kier molecular flexibility index (Phi) is 4.61. The van der Waals surface area contributed by atoms with Crippen molar-refractivity contribution in [3.63, 3.8) is 0 Å². The molecule has 0 unspecified atom stereocenters. The van der Waals surface area contributed by atoms with Crippen LogP contribution in [0.1, 0.15) is 36.4 Å².